The molecule has 1 aliphatic rings. The van der Waals surface area contributed by atoms with Crippen molar-refractivity contribution in [3.8, 4) is 0 Å². The Morgan fingerprint density at radius 3 is 2.79 bits per heavy atom. The molecule has 0 aliphatic carbocycles. The number of hydrogen-bond donors (Lipinski definition) is 1. The molecule has 1 atom stereocenters. The van der Waals surface area contributed by atoms with Crippen LogP contribution in [0.1, 0.15) is 38.4 Å². The smallest absolute Gasteiger partial charge is 0.0372 e. The fourth-order valence-electron chi connectivity index (χ4n) is 2.57. The molecular formula is C16H27N3. The number of nitrogens with zero attached hydrogens (tertiary/aromatic N) is 2. The summed E-state index contributed by atoms with van der Waals surface area (Å²) in [5.41, 5.74) is 2.72. The molecule has 0 spiro atoms. The van der Waals surface area contributed by atoms with Gasteiger partial charge in [0.25, 0.3) is 0 Å². The van der Waals surface area contributed by atoms with Crippen molar-refractivity contribution < 1.29 is 0 Å². The zero-order chi connectivity index (χ0) is 13.9. The molecule has 1 aliphatic heterocycles. The van der Waals surface area contributed by atoms with Gasteiger partial charge in [-0.25, -0.2) is 0 Å². The second-order valence-electron chi connectivity index (χ2n) is 6.77. The molecule has 0 bridgehead atoms. The highest BCUT2D eigenvalue weighted by atomic mass is 15.2. The normalized spacial score (nSPS) is 22.2. The highest BCUT2D eigenvalue weighted by molar-refractivity contribution is 5.13. The predicted octanol–water partition coefficient (Wildman–Crippen LogP) is 2.60. The highest BCUT2D eigenvalue weighted by Crippen LogP contribution is 2.22. The summed E-state index contributed by atoms with van der Waals surface area (Å²) in [6.45, 7) is 13.4. The molecule has 1 saturated heterocycles. The Morgan fingerprint density at radius 1 is 1.37 bits per heavy atom. The second-order valence-corrected chi connectivity index (χ2v) is 6.77. The van der Waals surface area contributed by atoms with Crippen molar-refractivity contribution in [3.05, 3.63) is 29.6 Å². The Labute approximate surface area is 117 Å². The molecule has 0 saturated carbocycles. The minimum atomic E-state index is 0.314. The van der Waals surface area contributed by atoms with Crippen LogP contribution in [0, 0.1) is 12.3 Å². The fourth-order valence-corrected chi connectivity index (χ4v) is 2.57. The maximum Gasteiger partial charge on any atom is 0.0372 e. The first-order chi connectivity index (χ1) is 8.95. The van der Waals surface area contributed by atoms with Crippen LogP contribution >= 0.6 is 0 Å². The summed E-state index contributed by atoms with van der Waals surface area (Å²) in [6.07, 6.45) is 3.24. The summed E-state index contributed by atoms with van der Waals surface area (Å²) < 4.78 is 0. The number of pyridine rings is 1. The van der Waals surface area contributed by atoms with Crippen molar-refractivity contribution in [2.75, 3.05) is 19.6 Å². The highest BCUT2D eigenvalue weighted by Gasteiger charge is 2.27. The van der Waals surface area contributed by atoms with E-state index in [1.54, 1.807) is 0 Å². The third-order valence-corrected chi connectivity index (χ3v) is 3.91. The van der Waals surface area contributed by atoms with Crippen LogP contribution in [0.15, 0.2) is 18.3 Å². The fraction of sp³-hybridized carbons (Fsp3) is 0.688. The standard InChI is InChI=1S/C16H27N3/c1-13-6-7-14(10-18-13)11-19-9-5-8-17-15(12-19)16(2,3)4/h6-7,10,15,17H,5,8-9,11-12H2,1-4H3. The van der Waals surface area contributed by atoms with E-state index >= 15 is 0 Å². The van der Waals surface area contributed by atoms with E-state index in [1.165, 1.54) is 18.5 Å². The van der Waals surface area contributed by atoms with Gasteiger partial charge >= 0.3 is 0 Å². The average molecular weight is 261 g/mol. The lowest BCUT2D eigenvalue weighted by Gasteiger charge is -2.33. The van der Waals surface area contributed by atoms with Crippen LogP contribution < -0.4 is 5.32 Å². The lowest BCUT2D eigenvalue weighted by atomic mass is 9.86. The minimum Gasteiger partial charge on any atom is -0.312 e. The Bertz CT molecular complexity index is 391. The molecule has 1 aromatic rings. The molecule has 1 N–H and O–H groups in total. The minimum absolute atomic E-state index is 0.314. The first-order valence-electron chi connectivity index (χ1n) is 7.32. The number of nitrogens with one attached hydrogen (secondary N) is 1. The molecule has 106 valence electrons. The van der Waals surface area contributed by atoms with E-state index in [4.69, 9.17) is 0 Å². The van der Waals surface area contributed by atoms with Gasteiger partial charge in [0.2, 0.25) is 0 Å². The zero-order valence-electron chi connectivity index (χ0n) is 12.7. The summed E-state index contributed by atoms with van der Waals surface area (Å²) in [5, 5.41) is 3.69. The van der Waals surface area contributed by atoms with Gasteiger partial charge in [0, 0.05) is 31.0 Å². The summed E-state index contributed by atoms with van der Waals surface area (Å²) in [6, 6.07) is 4.87. The monoisotopic (exact) mass is 261 g/mol. The molecule has 3 nitrogen and oxygen atoms in total. The van der Waals surface area contributed by atoms with Gasteiger partial charge in [-0.15, -0.1) is 0 Å². The topological polar surface area (TPSA) is 28.2 Å². The van der Waals surface area contributed by atoms with Crippen molar-refractivity contribution in [3.63, 3.8) is 0 Å². The molecule has 1 unspecified atom stereocenters. The van der Waals surface area contributed by atoms with Crippen molar-refractivity contribution in [2.45, 2.75) is 46.7 Å². The van der Waals surface area contributed by atoms with Crippen LogP contribution in [0.2, 0.25) is 0 Å². The van der Waals surface area contributed by atoms with Gasteiger partial charge in [-0.1, -0.05) is 26.8 Å². The Kier molecular flexibility index (Phi) is 4.58. The first-order valence-corrected chi connectivity index (χ1v) is 7.32. The van der Waals surface area contributed by atoms with Gasteiger partial charge in [0.15, 0.2) is 0 Å². The van der Waals surface area contributed by atoms with Crippen molar-refractivity contribution >= 4 is 0 Å². The van der Waals surface area contributed by atoms with Crippen molar-refractivity contribution in [1.82, 2.24) is 15.2 Å². The zero-order valence-corrected chi connectivity index (χ0v) is 12.7. The van der Waals surface area contributed by atoms with Gasteiger partial charge in [0.05, 0.1) is 0 Å². The largest absolute Gasteiger partial charge is 0.312 e. The van der Waals surface area contributed by atoms with Crippen molar-refractivity contribution in [1.29, 1.82) is 0 Å². The van der Waals surface area contributed by atoms with E-state index in [9.17, 15) is 0 Å². The molecule has 2 rings (SSSR count). The van der Waals surface area contributed by atoms with Crippen LogP contribution in [0.25, 0.3) is 0 Å². The van der Waals surface area contributed by atoms with E-state index in [0.29, 0.717) is 11.5 Å². The van der Waals surface area contributed by atoms with E-state index in [1.807, 2.05) is 13.1 Å². The molecule has 3 heteroatoms. The second kappa shape index (κ2) is 6.02. The maximum atomic E-state index is 4.39. The Morgan fingerprint density at radius 2 is 2.16 bits per heavy atom. The molecule has 0 aromatic carbocycles. The number of aromatic nitrogens is 1. The first kappa shape index (κ1) is 14.5. The molecule has 1 aromatic heterocycles. The molecule has 0 radical (unpaired) electrons. The summed E-state index contributed by atoms with van der Waals surface area (Å²) in [7, 11) is 0. The molecule has 2 heterocycles. The lowest BCUT2D eigenvalue weighted by molar-refractivity contribution is 0.192. The van der Waals surface area contributed by atoms with E-state index < -0.39 is 0 Å². The third kappa shape index (κ3) is 4.29. The van der Waals surface area contributed by atoms with Crippen LogP contribution in [0.5, 0.6) is 0 Å². The van der Waals surface area contributed by atoms with Crippen molar-refractivity contribution in [2.24, 2.45) is 5.41 Å². The summed E-state index contributed by atoms with van der Waals surface area (Å²) in [4.78, 5) is 6.95. The molecular weight excluding hydrogens is 234 g/mol. The lowest BCUT2D eigenvalue weighted by Crippen LogP contribution is -2.46. The number of hydrogen-bond acceptors (Lipinski definition) is 3. The molecule has 0 amide bonds. The Hall–Kier alpha value is -0.930. The number of rotatable bonds is 2. The van der Waals surface area contributed by atoms with Gasteiger partial charge in [-0.05, 0) is 43.5 Å². The Balaban J connectivity index is 2.00. The maximum absolute atomic E-state index is 4.39. The van der Waals surface area contributed by atoms with Crippen LogP contribution in [0.3, 0.4) is 0 Å². The van der Waals surface area contributed by atoms with E-state index in [2.05, 4.69) is 48.1 Å². The van der Waals surface area contributed by atoms with Gasteiger partial charge < -0.3 is 5.32 Å². The number of aryl methyl sites for hydroxylation is 1. The quantitative estimate of drug-likeness (QED) is 0.887. The average Bonchev–Trinajstić information content (AvgIpc) is 2.57. The van der Waals surface area contributed by atoms with Gasteiger partial charge in [0.1, 0.15) is 0 Å². The molecule has 1 fully saturated rings. The van der Waals surface area contributed by atoms with Crippen LogP contribution in [-0.4, -0.2) is 35.6 Å². The van der Waals surface area contributed by atoms with Gasteiger partial charge in [-0.3, -0.25) is 9.88 Å². The van der Waals surface area contributed by atoms with E-state index in [0.717, 1.165) is 25.3 Å². The molecule has 19 heavy (non-hydrogen) atoms. The SMILES string of the molecule is Cc1ccc(CN2CCCNC(C(C)(C)C)C2)cn1. The summed E-state index contributed by atoms with van der Waals surface area (Å²) >= 11 is 0. The van der Waals surface area contributed by atoms with Gasteiger partial charge in [-0.2, -0.15) is 0 Å². The van der Waals surface area contributed by atoms with Crippen LogP contribution in [-0.2, 0) is 6.54 Å². The predicted molar refractivity (Wildman–Crippen MR) is 80.1 cm³/mol. The summed E-state index contributed by atoms with van der Waals surface area (Å²) in [5.74, 6) is 0. The third-order valence-electron chi connectivity index (χ3n) is 3.91. The van der Waals surface area contributed by atoms with Crippen LogP contribution in [0.4, 0.5) is 0 Å². The van der Waals surface area contributed by atoms with E-state index in [-0.39, 0.29) is 0 Å².